The van der Waals surface area contributed by atoms with Gasteiger partial charge in [-0.25, -0.2) is 8.42 Å². The van der Waals surface area contributed by atoms with Gasteiger partial charge in [-0.15, -0.1) is 11.3 Å². The largest absolute Gasteiger partial charge is 0.365 e. The topological polar surface area (TPSA) is 113 Å². The Morgan fingerprint density at radius 3 is 2.57 bits per heavy atom. The molecule has 2 aliphatic heterocycles. The highest BCUT2D eigenvalue weighted by Crippen LogP contribution is 2.38. The van der Waals surface area contributed by atoms with Crippen molar-refractivity contribution in [3.63, 3.8) is 0 Å². The first kappa shape index (κ1) is 19.8. The lowest BCUT2D eigenvalue weighted by Crippen LogP contribution is -2.52. The third-order valence-electron chi connectivity index (χ3n) is 5.92. The van der Waals surface area contributed by atoms with Crippen LogP contribution in [-0.2, 0) is 27.5 Å². The van der Waals surface area contributed by atoms with E-state index in [0.29, 0.717) is 17.0 Å². The number of thiophene rings is 1. The van der Waals surface area contributed by atoms with E-state index in [2.05, 4.69) is 15.1 Å². The predicted octanol–water partition coefficient (Wildman–Crippen LogP) is 0.0789. The molecule has 1 aromatic heterocycles. The zero-order chi connectivity index (χ0) is 19.9. The van der Waals surface area contributed by atoms with Gasteiger partial charge in [-0.3, -0.25) is 19.4 Å². The van der Waals surface area contributed by atoms with Crippen LogP contribution in [0.2, 0.25) is 0 Å². The molecule has 3 aliphatic rings. The summed E-state index contributed by atoms with van der Waals surface area (Å²) in [6.07, 6.45) is 3.53. The van der Waals surface area contributed by atoms with E-state index < -0.39 is 15.7 Å². The lowest BCUT2D eigenvalue weighted by atomic mass is 10.1. The van der Waals surface area contributed by atoms with E-state index in [0.717, 1.165) is 55.9 Å². The summed E-state index contributed by atoms with van der Waals surface area (Å²) in [5.41, 5.74) is 7.04. The molecule has 3 heterocycles. The zero-order valence-corrected chi connectivity index (χ0v) is 17.4. The van der Waals surface area contributed by atoms with Crippen molar-refractivity contribution in [1.82, 2.24) is 9.80 Å². The minimum atomic E-state index is -2.88. The smallest absolute Gasteiger partial charge is 0.251 e. The molecule has 1 atom stereocenters. The minimum Gasteiger partial charge on any atom is -0.365 e. The molecule has 1 aliphatic carbocycles. The van der Waals surface area contributed by atoms with Crippen LogP contribution < -0.4 is 11.1 Å². The first-order chi connectivity index (χ1) is 13.3. The van der Waals surface area contributed by atoms with Crippen molar-refractivity contribution in [3.05, 3.63) is 16.0 Å². The molecule has 0 saturated carbocycles. The molecule has 1 aromatic rings. The standard InChI is InChI=1S/C18H26N4O4S2/c19-17(24)16-13-2-1-3-14(13)27-18(16)20-15(23)10-21-5-7-22(8-6-21)12-4-9-28(25,26)11-12/h12H,1-11H2,(H2,19,24)(H,20,23)/t12-/m1/s1. The second-order valence-corrected chi connectivity index (χ2v) is 11.2. The van der Waals surface area contributed by atoms with E-state index in [1.165, 1.54) is 11.3 Å². The number of rotatable bonds is 5. The Balaban J connectivity index is 1.31. The van der Waals surface area contributed by atoms with Gasteiger partial charge < -0.3 is 11.1 Å². The van der Waals surface area contributed by atoms with Crippen LogP contribution in [0.4, 0.5) is 5.00 Å². The first-order valence-electron chi connectivity index (χ1n) is 9.73. The lowest BCUT2D eigenvalue weighted by Gasteiger charge is -2.37. The Labute approximate surface area is 169 Å². The van der Waals surface area contributed by atoms with Crippen molar-refractivity contribution >= 4 is 38.0 Å². The Bertz CT molecular complexity index is 888. The molecule has 0 spiro atoms. The Kier molecular flexibility index (Phi) is 5.47. The van der Waals surface area contributed by atoms with Gasteiger partial charge in [0.15, 0.2) is 9.84 Å². The number of amides is 2. The fraction of sp³-hybridized carbons (Fsp3) is 0.667. The van der Waals surface area contributed by atoms with Crippen LogP contribution in [0.5, 0.6) is 0 Å². The normalized spacial score (nSPS) is 24.9. The molecule has 10 heteroatoms. The van der Waals surface area contributed by atoms with Crippen LogP contribution in [0.1, 0.15) is 33.6 Å². The van der Waals surface area contributed by atoms with Crippen LogP contribution in [0.25, 0.3) is 0 Å². The fourth-order valence-electron chi connectivity index (χ4n) is 4.47. The number of primary amides is 1. The van der Waals surface area contributed by atoms with Crippen LogP contribution in [0.3, 0.4) is 0 Å². The molecule has 154 valence electrons. The van der Waals surface area contributed by atoms with E-state index in [1.807, 2.05) is 0 Å². The average molecular weight is 427 g/mol. The van der Waals surface area contributed by atoms with E-state index in [4.69, 9.17) is 5.73 Å². The summed E-state index contributed by atoms with van der Waals surface area (Å²) in [5.74, 6) is -0.0752. The molecule has 28 heavy (non-hydrogen) atoms. The summed E-state index contributed by atoms with van der Waals surface area (Å²) >= 11 is 1.47. The number of nitrogens with two attached hydrogens (primary N) is 1. The van der Waals surface area contributed by atoms with Gasteiger partial charge in [0.2, 0.25) is 5.91 Å². The van der Waals surface area contributed by atoms with Gasteiger partial charge in [-0.2, -0.15) is 0 Å². The summed E-state index contributed by atoms with van der Waals surface area (Å²) in [4.78, 5) is 29.8. The molecule has 3 N–H and O–H groups in total. The van der Waals surface area contributed by atoms with Crippen molar-refractivity contribution in [2.45, 2.75) is 31.7 Å². The summed E-state index contributed by atoms with van der Waals surface area (Å²) in [7, 11) is -2.88. The average Bonchev–Trinajstić information content (AvgIpc) is 3.29. The molecular formula is C18H26N4O4S2. The molecule has 0 unspecified atom stereocenters. The molecule has 0 radical (unpaired) electrons. The molecule has 2 amide bonds. The maximum absolute atomic E-state index is 12.5. The van der Waals surface area contributed by atoms with Gasteiger partial charge in [-0.1, -0.05) is 0 Å². The SMILES string of the molecule is NC(=O)c1c(NC(=O)CN2CCN([C@@H]3CCS(=O)(=O)C3)CC2)sc2c1CCC2. The van der Waals surface area contributed by atoms with Gasteiger partial charge in [-0.05, 0) is 31.2 Å². The number of fused-ring (bicyclic) bond motifs is 1. The van der Waals surface area contributed by atoms with Crippen LogP contribution in [0.15, 0.2) is 0 Å². The number of carbonyl (C=O) groups excluding carboxylic acids is 2. The molecule has 2 saturated heterocycles. The minimum absolute atomic E-state index is 0.118. The van der Waals surface area contributed by atoms with E-state index in [9.17, 15) is 18.0 Å². The summed E-state index contributed by atoms with van der Waals surface area (Å²) < 4.78 is 23.3. The number of aryl methyl sites for hydroxylation is 1. The highest BCUT2D eigenvalue weighted by atomic mass is 32.2. The molecule has 8 nitrogen and oxygen atoms in total. The van der Waals surface area contributed by atoms with Crippen molar-refractivity contribution < 1.29 is 18.0 Å². The quantitative estimate of drug-likeness (QED) is 0.689. The Morgan fingerprint density at radius 2 is 1.93 bits per heavy atom. The van der Waals surface area contributed by atoms with Gasteiger partial charge >= 0.3 is 0 Å². The molecular weight excluding hydrogens is 400 g/mol. The second kappa shape index (κ2) is 7.74. The lowest BCUT2D eigenvalue weighted by molar-refractivity contribution is -0.117. The monoisotopic (exact) mass is 426 g/mol. The van der Waals surface area contributed by atoms with Gasteiger partial charge in [0.05, 0.1) is 23.6 Å². The van der Waals surface area contributed by atoms with Crippen molar-refractivity contribution in [3.8, 4) is 0 Å². The van der Waals surface area contributed by atoms with Crippen molar-refractivity contribution in [1.29, 1.82) is 0 Å². The number of nitrogens with zero attached hydrogens (tertiary/aromatic N) is 2. The van der Waals surface area contributed by atoms with Crippen LogP contribution >= 0.6 is 11.3 Å². The number of piperazine rings is 1. The molecule has 0 bridgehead atoms. The van der Waals surface area contributed by atoms with Crippen molar-refractivity contribution in [2.75, 3.05) is 49.5 Å². The maximum Gasteiger partial charge on any atom is 0.251 e. The maximum atomic E-state index is 12.5. The zero-order valence-electron chi connectivity index (χ0n) is 15.8. The van der Waals surface area contributed by atoms with Gasteiger partial charge in [0, 0.05) is 37.1 Å². The van der Waals surface area contributed by atoms with E-state index >= 15 is 0 Å². The molecule has 4 rings (SSSR count). The van der Waals surface area contributed by atoms with E-state index in [1.54, 1.807) is 0 Å². The number of anilines is 1. The van der Waals surface area contributed by atoms with Gasteiger partial charge in [0.1, 0.15) is 5.00 Å². The van der Waals surface area contributed by atoms with E-state index in [-0.39, 0.29) is 30.0 Å². The number of carbonyl (C=O) groups is 2. The predicted molar refractivity (Wildman–Crippen MR) is 109 cm³/mol. The highest BCUT2D eigenvalue weighted by Gasteiger charge is 2.34. The summed E-state index contributed by atoms with van der Waals surface area (Å²) in [5, 5.41) is 3.47. The van der Waals surface area contributed by atoms with Crippen LogP contribution in [0, 0.1) is 0 Å². The molecule has 0 aromatic carbocycles. The Morgan fingerprint density at radius 1 is 1.18 bits per heavy atom. The number of hydrogen-bond donors (Lipinski definition) is 2. The number of hydrogen-bond acceptors (Lipinski definition) is 7. The number of sulfone groups is 1. The first-order valence-corrected chi connectivity index (χ1v) is 12.4. The summed E-state index contributed by atoms with van der Waals surface area (Å²) in [6, 6.07) is 0.118. The van der Waals surface area contributed by atoms with Crippen LogP contribution in [-0.4, -0.2) is 80.3 Å². The third kappa shape index (κ3) is 4.10. The Hall–Kier alpha value is -1.49. The number of nitrogens with one attached hydrogen (secondary N) is 1. The summed E-state index contributed by atoms with van der Waals surface area (Å²) in [6.45, 7) is 3.26. The van der Waals surface area contributed by atoms with Gasteiger partial charge in [0.25, 0.3) is 5.91 Å². The van der Waals surface area contributed by atoms with Crippen molar-refractivity contribution in [2.24, 2.45) is 5.73 Å². The molecule has 2 fully saturated rings. The third-order valence-corrected chi connectivity index (χ3v) is 8.88. The second-order valence-electron chi connectivity index (χ2n) is 7.84. The fourth-order valence-corrected chi connectivity index (χ4v) is 7.54. The highest BCUT2D eigenvalue weighted by molar-refractivity contribution is 7.91.